The summed E-state index contributed by atoms with van der Waals surface area (Å²) in [6.07, 6.45) is 7.08. The average Bonchev–Trinajstić information content (AvgIpc) is 3.55. The summed E-state index contributed by atoms with van der Waals surface area (Å²) >= 11 is 6.41. The summed E-state index contributed by atoms with van der Waals surface area (Å²) in [6, 6.07) is 4.08. The summed E-state index contributed by atoms with van der Waals surface area (Å²) in [5, 5.41) is -0.206. The highest BCUT2D eigenvalue weighted by Crippen LogP contribution is 2.59. The van der Waals surface area contributed by atoms with Crippen molar-refractivity contribution >= 4 is 34.3 Å². The first-order valence-electron chi connectivity index (χ1n) is 11.5. The Morgan fingerprint density at radius 2 is 1.89 bits per heavy atom. The van der Waals surface area contributed by atoms with Gasteiger partial charge in [0.15, 0.2) is 11.6 Å². The number of allylic oxidation sites excluding steroid dienone is 2. The Morgan fingerprint density at radius 1 is 1.21 bits per heavy atom. The number of halogens is 4. The van der Waals surface area contributed by atoms with Gasteiger partial charge in [0.25, 0.3) is 5.56 Å². The van der Waals surface area contributed by atoms with Crippen molar-refractivity contribution < 1.29 is 17.4 Å². The quantitative estimate of drug-likeness (QED) is 0.364. The molecule has 4 rings (SSSR count). The molecule has 0 amide bonds. The molecule has 3 aromatic rings. The van der Waals surface area contributed by atoms with Crippen molar-refractivity contribution in [3.05, 3.63) is 98.6 Å². The number of hydrogen-bond acceptors (Lipinski definition) is 6. The maximum Gasteiger partial charge on any atom is 0.276 e. The lowest BCUT2D eigenvalue weighted by atomic mass is 10.1. The van der Waals surface area contributed by atoms with Gasteiger partial charge in [-0.2, -0.15) is 0 Å². The summed E-state index contributed by atoms with van der Waals surface area (Å²) < 4.78 is 56.7. The molecule has 0 spiro atoms. The highest BCUT2D eigenvalue weighted by molar-refractivity contribution is 7.84. The Labute approximate surface area is 224 Å². The summed E-state index contributed by atoms with van der Waals surface area (Å²) in [5.74, 6) is -2.42. The van der Waals surface area contributed by atoms with Crippen LogP contribution in [0.5, 0.6) is 0 Å². The molecule has 12 heteroatoms. The lowest BCUT2D eigenvalue weighted by Crippen LogP contribution is -2.23. The van der Waals surface area contributed by atoms with Crippen LogP contribution in [0.1, 0.15) is 48.6 Å². The van der Waals surface area contributed by atoms with Gasteiger partial charge < -0.3 is 0 Å². The van der Waals surface area contributed by atoms with E-state index in [4.69, 9.17) is 11.6 Å². The summed E-state index contributed by atoms with van der Waals surface area (Å²) in [4.78, 5) is 29.6. The standard InChI is InChI=1S/C26H23ClF3N5O2S/c1-5-9-31-23(16-7-6-8-18(22(16)30)38(4)37)17(29)12-35-14(3)34-24(21(27)26(35)36)19-13(2)20(19)25-32-10-15(28)11-33-25/h5-13,19-20H,1-4H3/b9-5+,17-12-,31-23+. The number of hydrogen-bond donors (Lipinski definition) is 0. The summed E-state index contributed by atoms with van der Waals surface area (Å²) in [7, 11) is -1.66. The molecule has 1 saturated carbocycles. The van der Waals surface area contributed by atoms with E-state index in [0.717, 1.165) is 23.2 Å². The third-order valence-corrected chi connectivity index (χ3v) is 7.53. The third kappa shape index (κ3) is 5.25. The molecule has 0 saturated heterocycles. The van der Waals surface area contributed by atoms with Crippen molar-refractivity contribution in [3.8, 4) is 0 Å². The fourth-order valence-electron chi connectivity index (χ4n) is 4.28. The van der Waals surface area contributed by atoms with Crippen molar-refractivity contribution in [2.24, 2.45) is 10.9 Å². The molecule has 4 unspecified atom stereocenters. The van der Waals surface area contributed by atoms with Gasteiger partial charge in [-0.1, -0.05) is 30.7 Å². The molecule has 2 heterocycles. The molecule has 198 valence electrons. The SMILES string of the molecule is C/C=C/N=C(/C(F)=C/n1c(C)nc(C2C(C)C2c2ncc(F)cn2)c(Cl)c1=O)c1cccc(S(C)=O)c1F. The zero-order valence-corrected chi connectivity index (χ0v) is 22.4. The van der Waals surface area contributed by atoms with Crippen LogP contribution in [0.4, 0.5) is 13.2 Å². The predicted octanol–water partition coefficient (Wildman–Crippen LogP) is 5.32. The number of rotatable bonds is 7. The first kappa shape index (κ1) is 27.6. The maximum atomic E-state index is 15.6. The van der Waals surface area contributed by atoms with Gasteiger partial charge in [0.1, 0.15) is 28.2 Å². The molecule has 7 nitrogen and oxygen atoms in total. The molecule has 4 atom stereocenters. The second-order valence-corrected chi connectivity index (χ2v) is 10.4. The number of aromatic nitrogens is 4. The maximum absolute atomic E-state index is 15.6. The lowest BCUT2D eigenvalue weighted by Gasteiger charge is -2.11. The Balaban J connectivity index is 1.75. The van der Waals surface area contributed by atoms with Crippen molar-refractivity contribution in [1.82, 2.24) is 19.5 Å². The zero-order chi connectivity index (χ0) is 27.7. The predicted molar refractivity (Wildman–Crippen MR) is 140 cm³/mol. The van der Waals surface area contributed by atoms with Gasteiger partial charge in [-0.05, 0) is 31.9 Å². The van der Waals surface area contributed by atoms with Crippen LogP contribution in [-0.4, -0.2) is 35.7 Å². The lowest BCUT2D eigenvalue weighted by molar-refractivity contribution is 0.591. The highest BCUT2D eigenvalue weighted by Gasteiger charge is 2.52. The Bertz CT molecular complexity index is 1570. The smallest absolute Gasteiger partial charge is 0.267 e. The van der Waals surface area contributed by atoms with Crippen LogP contribution < -0.4 is 5.56 Å². The summed E-state index contributed by atoms with van der Waals surface area (Å²) in [6.45, 7) is 5.07. The van der Waals surface area contributed by atoms with Crippen molar-refractivity contribution in [3.63, 3.8) is 0 Å². The molecule has 0 bridgehead atoms. The largest absolute Gasteiger partial charge is 0.276 e. The monoisotopic (exact) mass is 561 g/mol. The van der Waals surface area contributed by atoms with E-state index in [1.165, 1.54) is 43.7 Å². The first-order chi connectivity index (χ1) is 18.1. The number of aryl methyl sites for hydroxylation is 1. The van der Waals surface area contributed by atoms with Crippen molar-refractivity contribution in [2.45, 2.75) is 37.5 Å². The van der Waals surface area contributed by atoms with E-state index in [0.29, 0.717) is 11.5 Å². The highest BCUT2D eigenvalue weighted by atomic mass is 35.5. The van der Waals surface area contributed by atoms with E-state index in [1.807, 2.05) is 6.92 Å². The minimum atomic E-state index is -1.66. The molecule has 1 aliphatic rings. The average molecular weight is 562 g/mol. The summed E-state index contributed by atoms with van der Waals surface area (Å²) in [5.41, 5.74) is -1.03. The van der Waals surface area contributed by atoms with E-state index < -0.39 is 39.5 Å². The topological polar surface area (TPSA) is 90.1 Å². The van der Waals surface area contributed by atoms with Gasteiger partial charge in [-0.25, -0.2) is 28.1 Å². The van der Waals surface area contributed by atoms with Gasteiger partial charge in [0.05, 0.1) is 40.0 Å². The molecule has 0 radical (unpaired) electrons. The van der Waals surface area contributed by atoms with Crippen molar-refractivity contribution in [1.29, 1.82) is 0 Å². The van der Waals surface area contributed by atoms with E-state index in [-0.39, 0.29) is 39.1 Å². The second-order valence-electron chi connectivity index (χ2n) is 8.71. The fraction of sp³-hybridized carbons (Fsp3) is 0.269. The number of nitrogens with zero attached hydrogens (tertiary/aromatic N) is 5. The third-order valence-electron chi connectivity index (χ3n) is 6.24. The first-order valence-corrected chi connectivity index (χ1v) is 13.4. The minimum absolute atomic E-state index is 0.00803. The van der Waals surface area contributed by atoms with Crippen LogP contribution in [0.25, 0.3) is 6.20 Å². The molecule has 1 aliphatic carbocycles. The van der Waals surface area contributed by atoms with Crippen LogP contribution in [0.3, 0.4) is 0 Å². The second kappa shape index (κ2) is 11.1. The van der Waals surface area contributed by atoms with E-state index in [2.05, 4.69) is 19.9 Å². The molecule has 1 fully saturated rings. The van der Waals surface area contributed by atoms with Gasteiger partial charge in [0, 0.05) is 29.9 Å². The van der Waals surface area contributed by atoms with E-state index in [1.54, 1.807) is 6.92 Å². The number of aliphatic imine (C=N–C) groups is 1. The molecular weight excluding hydrogens is 539 g/mol. The van der Waals surface area contributed by atoms with Gasteiger partial charge in [0.2, 0.25) is 0 Å². The molecule has 2 aromatic heterocycles. The van der Waals surface area contributed by atoms with Crippen molar-refractivity contribution in [2.75, 3.05) is 6.26 Å². The Kier molecular flexibility index (Phi) is 8.08. The normalized spacial score (nSPS) is 20.7. The van der Waals surface area contributed by atoms with E-state index in [9.17, 15) is 13.4 Å². The van der Waals surface area contributed by atoms with Crippen LogP contribution in [0.15, 0.2) is 63.4 Å². The molecular formula is C26H23ClF3N5O2S. The number of benzene rings is 1. The van der Waals surface area contributed by atoms with Crippen LogP contribution >= 0.6 is 11.6 Å². The van der Waals surface area contributed by atoms with Gasteiger partial charge >= 0.3 is 0 Å². The van der Waals surface area contributed by atoms with Gasteiger partial charge in [-0.3, -0.25) is 18.6 Å². The Hall–Kier alpha value is -3.44. The fourth-order valence-corrected chi connectivity index (χ4v) is 5.18. The molecule has 1 aromatic carbocycles. The molecule has 0 aliphatic heterocycles. The van der Waals surface area contributed by atoms with Crippen LogP contribution in [0.2, 0.25) is 5.02 Å². The van der Waals surface area contributed by atoms with E-state index >= 15 is 8.78 Å². The zero-order valence-electron chi connectivity index (χ0n) is 20.8. The van der Waals surface area contributed by atoms with Gasteiger partial charge in [-0.15, -0.1) is 0 Å². The van der Waals surface area contributed by atoms with Crippen LogP contribution in [-0.2, 0) is 10.8 Å². The Morgan fingerprint density at radius 3 is 2.53 bits per heavy atom. The molecule has 0 N–H and O–H groups in total. The minimum Gasteiger partial charge on any atom is -0.267 e. The molecule has 38 heavy (non-hydrogen) atoms. The van der Waals surface area contributed by atoms with Crippen LogP contribution in [0, 0.1) is 24.5 Å².